The minimum absolute atomic E-state index is 0.325. The van der Waals surface area contributed by atoms with Crippen molar-refractivity contribution in [1.29, 1.82) is 0 Å². The molecule has 0 aliphatic rings. The highest BCUT2D eigenvalue weighted by Crippen LogP contribution is 1.96. The highest BCUT2D eigenvalue weighted by molar-refractivity contribution is 5.80. The molecular formula is C7H16N4O2. The van der Waals surface area contributed by atoms with Crippen molar-refractivity contribution in [2.24, 2.45) is 0 Å². The number of nitrogens with one attached hydrogen (secondary N) is 4. The lowest BCUT2D eigenvalue weighted by Crippen LogP contribution is -2.53. The van der Waals surface area contributed by atoms with E-state index in [1.165, 1.54) is 7.05 Å². The first-order valence-electron chi connectivity index (χ1n) is 3.91. The molecule has 0 unspecified atom stereocenters. The summed E-state index contributed by atoms with van der Waals surface area (Å²) in [5.74, 6) is 0. The molecule has 6 nitrogen and oxygen atoms in total. The fourth-order valence-electron chi connectivity index (χ4n) is 0.548. The lowest BCUT2D eigenvalue weighted by atomic mass is 10.1. The first kappa shape index (κ1) is 11.5. The minimum atomic E-state index is -0.468. The van der Waals surface area contributed by atoms with E-state index in [4.69, 9.17) is 0 Å². The molecule has 4 N–H and O–H groups in total. The monoisotopic (exact) mass is 188 g/mol. The molecule has 0 aromatic heterocycles. The summed E-state index contributed by atoms with van der Waals surface area (Å²) in [4.78, 5) is 21.6. The molecule has 6 heteroatoms. The average Bonchev–Trinajstić information content (AvgIpc) is 1.97. The first-order valence-corrected chi connectivity index (χ1v) is 3.91. The maximum absolute atomic E-state index is 11.0. The topological polar surface area (TPSA) is 82.3 Å². The molecule has 0 fully saturated rings. The smallest absolute Gasteiger partial charge is 0.333 e. The van der Waals surface area contributed by atoms with E-state index in [1.54, 1.807) is 0 Å². The van der Waals surface area contributed by atoms with Crippen molar-refractivity contribution < 1.29 is 9.59 Å². The summed E-state index contributed by atoms with van der Waals surface area (Å²) in [7, 11) is 1.46. The van der Waals surface area contributed by atoms with Crippen molar-refractivity contribution in [3.8, 4) is 0 Å². The van der Waals surface area contributed by atoms with Gasteiger partial charge in [-0.05, 0) is 20.8 Å². The molecule has 0 atom stereocenters. The van der Waals surface area contributed by atoms with Crippen molar-refractivity contribution in [2.45, 2.75) is 26.3 Å². The SMILES string of the molecule is CNC(=O)NNC(=O)NC(C)(C)C. The lowest BCUT2D eigenvalue weighted by Gasteiger charge is -2.20. The van der Waals surface area contributed by atoms with Gasteiger partial charge in [0, 0.05) is 12.6 Å². The van der Waals surface area contributed by atoms with E-state index in [2.05, 4.69) is 21.5 Å². The predicted molar refractivity (Wildman–Crippen MR) is 49.0 cm³/mol. The highest BCUT2D eigenvalue weighted by atomic mass is 16.2. The zero-order valence-corrected chi connectivity index (χ0v) is 8.32. The summed E-state index contributed by atoms with van der Waals surface area (Å²) >= 11 is 0. The third-order valence-corrected chi connectivity index (χ3v) is 1.01. The molecular weight excluding hydrogens is 172 g/mol. The fraction of sp³-hybridized carbons (Fsp3) is 0.714. The van der Waals surface area contributed by atoms with Crippen molar-refractivity contribution in [3.05, 3.63) is 0 Å². The Labute approximate surface area is 77.4 Å². The molecule has 0 heterocycles. The second kappa shape index (κ2) is 4.54. The van der Waals surface area contributed by atoms with Gasteiger partial charge < -0.3 is 10.6 Å². The largest absolute Gasteiger partial charge is 0.340 e. The highest BCUT2D eigenvalue weighted by Gasteiger charge is 2.13. The van der Waals surface area contributed by atoms with Crippen LogP contribution in [-0.4, -0.2) is 24.6 Å². The molecule has 13 heavy (non-hydrogen) atoms. The standard InChI is InChI=1S/C7H16N4O2/c1-7(2,3)9-6(13)11-10-5(12)8-4/h1-4H3,(H2,8,10,12)(H2,9,11,13). The van der Waals surface area contributed by atoms with Crippen LogP contribution in [0.4, 0.5) is 9.59 Å². The van der Waals surface area contributed by atoms with Gasteiger partial charge in [-0.2, -0.15) is 0 Å². The summed E-state index contributed by atoms with van der Waals surface area (Å²) in [5.41, 5.74) is 4.00. The van der Waals surface area contributed by atoms with Gasteiger partial charge in [0.15, 0.2) is 0 Å². The average molecular weight is 188 g/mol. The van der Waals surface area contributed by atoms with Crippen LogP contribution in [-0.2, 0) is 0 Å². The summed E-state index contributed by atoms with van der Waals surface area (Å²) in [5, 5.41) is 4.90. The van der Waals surface area contributed by atoms with Crippen molar-refractivity contribution in [2.75, 3.05) is 7.05 Å². The zero-order valence-electron chi connectivity index (χ0n) is 8.32. The quantitative estimate of drug-likeness (QED) is 0.401. The molecule has 0 saturated heterocycles. The zero-order chi connectivity index (χ0) is 10.5. The van der Waals surface area contributed by atoms with Crippen molar-refractivity contribution >= 4 is 12.1 Å². The molecule has 0 saturated carbocycles. The number of hydrazine groups is 1. The van der Waals surface area contributed by atoms with Gasteiger partial charge in [0.05, 0.1) is 0 Å². The van der Waals surface area contributed by atoms with E-state index < -0.39 is 12.1 Å². The number of rotatable bonds is 0. The molecule has 76 valence electrons. The number of urea groups is 2. The Morgan fingerprint density at radius 3 is 1.85 bits per heavy atom. The van der Waals surface area contributed by atoms with Crippen LogP contribution in [0.15, 0.2) is 0 Å². The molecule has 0 bridgehead atoms. The van der Waals surface area contributed by atoms with Crippen LogP contribution >= 0.6 is 0 Å². The molecule has 0 spiro atoms. The van der Waals surface area contributed by atoms with E-state index in [0.717, 1.165) is 0 Å². The van der Waals surface area contributed by atoms with Crippen LogP contribution < -0.4 is 21.5 Å². The number of amides is 4. The van der Waals surface area contributed by atoms with E-state index in [9.17, 15) is 9.59 Å². The van der Waals surface area contributed by atoms with Gasteiger partial charge in [0.25, 0.3) is 0 Å². The van der Waals surface area contributed by atoms with Gasteiger partial charge in [-0.15, -0.1) is 0 Å². The molecule has 0 radical (unpaired) electrons. The molecule has 4 amide bonds. The van der Waals surface area contributed by atoms with E-state index in [-0.39, 0.29) is 5.54 Å². The maximum Gasteiger partial charge on any atom is 0.333 e. The number of hydrogen-bond donors (Lipinski definition) is 4. The Bertz CT molecular complexity index is 197. The van der Waals surface area contributed by atoms with E-state index in [0.29, 0.717) is 0 Å². The van der Waals surface area contributed by atoms with Gasteiger partial charge >= 0.3 is 12.1 Å². The number of hydrogen-bond acceptors (Lipinski definition) is 2. The molecule has 0 aromatic rings. The van der Waals surface area contributed by atoms with Crippen LogP contribution in [0.5, 0.6) is 0 Å². The number of carbonyl (C=O) groups excluding carboxylic acids is 2. The van der Waals surface area contributed by atoms with Crippen LogP contribution in [0, 0.1) is 0 Å². The Hall–Kier alpha value is -1.46. The lowest BCUT2D eigenvalue weighted by molar-refractivity contribution is 0.219. The van der Waals surface area contributed by atoms with Gasteiger partial charge in [0.1, 0.15) is 0 Å². The number of carbonyl (C=O) groups is 2. The Morgan fingerprint density at radius 1 is 1.00 bits per heavy atom. The Kier molecular flexibility index (Phi) is 4.03. The fourth-order valence-corrected chi connectivity index (χ4v) is 0.548. The third kappa shape index (κ3) is 6.92. The molecule has 0 aliphatic heterocycles. The van der Waals surface area contributed by atoms with Gasteiger partial charge in [-0.1, -0.05) is 0 Å². The molecule has 0 aromatic carbocycles. The van der Waals surface area contributed by atoms with Crippen LogP contribution in [0.1, 0.15) is 20.8 Å². The Morgan fingerprint density at radius 2 is 1.46 bits per heavy atom. The van der Waals surface area contributed by atoms with Crippen LogP contribution in [0.25, 0.3) is 0 Å². The second-order valence-electron chi connectivity index (χ2n) is 3.53. The second-order valence-corrected chi connectivity index (χ2v) is 3.53. The van der Waals surface area contributed by atoms with E-state index in [1.807, 2.05) is 20.8 Å². The summed E-state index contributed by atoms with van der Waals surface area (Å²) in [6.07, 6.45) is 0. The molecule has 0 aliphatic carbocycles. The van der Waals surface area contributed by atoms with Crippen LogP contribution in [0.3, 0.4) is 0 Å². The van der Waals surface area contributed by atoms with Crippen LogP contribution in [0.2, 0.25) is 0 Å². The minimum Gasteiger partial charge on any atom is -0.340 e. The van der Waals surface area contributed by atoms with E-state index >= 15 is 0 Å². The van der Waals surface area contributed by atoms with Crippen molar-refractivity contribution in [3.63, 3.8) is 0 Å². The molecule has 0 rings (SSSR count). The predicted octanol–water partition coefficient (Wildman–Crippen LogP) is -0.0719. The first-order chi connectivity index (χ1) is 5.85. The third-order valence-electron chi connectivity index (χ3n) is 1.01. The summed E-state index contributed by atoms with van der Waals surface area (Å²) in [6.45, 7) is 5.52. The van der Waals surface area contributed by atoms with Gasteiger partial charge in [-0.25, -0.2) is 20.4 Å². The normalized spacial score (nSPS) is 10.2. The summed E-state index contributed by atoms with van der Waals surface area (Å²) in [6, 6.07) is -0.917. The van der Waals surface area contributed by atoms with Gasteiger partial charge in [-0.3, -0.25) is 0 Å². The van der Waals surface area contributed by atoms with Gasteiger partial charge in [0.2, 0.25) is 0 Å². The maximum atomic E-state index is 11.0. The Balaban J connectivity index is 3.71. The summed E-state index contributed by atoms with van der Waals surface area (Å²) < 4.78 is 0. The van der Waals surface area contributed by atoms with Crippen molar-refractivity contribution in [1.82, 2.24) is 21.5 Å².